The molecule has 0 aliphatic heterocycles. The Kier molecular flexibility index (Phi) is 9.10. The number of methoxy groups -OCH3 is 1. The molecule has 9 heteroatoms. The second kappa shape index (κ2) is 11.8. The number of rotatable bonds is 6. The molecular formula is C20H26N4O4S. The number of thiocarbonyl (C=S) groups is 1. The summed E-state index contributed by atoms with van der Waals surface area (Å²) in [6, 6.07) is 7.18. The van der Waals surface area contributed by atoms with Crippen molar-refractivity contribution in [1.29, 1.82) is 0 Å². The molecular weight excluding hydrogens is 392 g/mol. The highest BCUT2D eigenvalue weighted by Crippen LogP contribution is 2.23. The summed E-state index contributed by atoms with van der Waals surface area (Å²) in [7, 11) is 1.58. The van der Waals surface area contributed by atoms with Crippen LogP contribution in [-0.2, 0) is 14.4 Å². The Morgan fingerprint density at radius 3 is 2.45 bits per heavy atom. The highest BCUT2D eigenvalue weighted by Gasteiger charge is 2.21. The number of amides is 3. The van der Waals surface area contributed by atoms with E-state index in [1.165, 1.54) is 6.08 Å². The molecule has 29 heavy (non-hydrogen) atoms. The SMILES string of the molecule is COc1ccc(C=CC(=O)NC(=S)NNC(=O)CNC(=O)C2CCCCC2)cc1. The van der Waals surface area contributed by atoms with Gasteiger partial charge in [-0.15, -0.1) is 0 Å². The van der Waals surface area contributed by atoms with Crippen LogP contribution in [0.15, 0.2) is 30.3 Å². The van der Waals surface area contributed by atoms with Gasteiger partial charge >= 0.3 is 0 Å². The maximum absolute atomic E-state index is 12.0. The normalized spacial score (nSPS) is 14.1. The van der Waals surface area contributed by atoms with E-state index in [4.69, 9.17) is 17.0 Å². The molecule has 0 spiro atoms. The van der Waals surface area contributed by atoms with E-state index in [1.807, 2.05) is 0 Å². The average molecular weight is 419 g/mol. The zero-order chi connectivity index (χ0) is 21.1. The van der Waals surface area contributed by atoms with Crippen molar-refractivity contribution in [2.24, 2.45) is 5.92 Å². The Bertz CT molecular complexity index is 758. The molecule has 0 radical (unpaired) electrons. The summed E-state index contributed by atoms with van der Waals surface area (Å²) in [6.45, 7) is -0.156. The molecule has 1 aliphatic carbocycles. The first-order chi connectivity index (χ1) is 14.0. The molecule has 1 aromatic rings. The van der Waals surface area contributed by atoms with Crippen LogP contribution in [-0.4, -0.2) is 36.5 Å². The van der Waals surface area contributed by atoms with Crippen molar-refractivity contribution in [3.63, 3.8) is 0 Å². The minimum atomic E-state index is -0.459. The predicted octanol–water partition coefficient (Wildman–Crippen LogP) is 1.43. The molecule has 0 saturated heterocycles. The van der Waals surface area contributed by atoms with Gasteiger partial charge in [-0.3, -0.25) is 30.6 Å². The number of carbonyl (C=O) groups excluding carboxylic acids is 3. The van der Waals surface area contributed by atoms with Gasteiger partial charge in [0, 0.05) is 12.0 Å². The van der Waals surface area contributed by atoms with Crippen LogP contribution in [0.3, 0.4) is 0 Å². The third-order valence-electron chi connectivity index (χ3n) is 4.49. The number of nitrogens with one attached hydrogen (secondary N) is 4. The molecule has 1 aromatic carbocycles. The number of carbonyl (C=O) groups is 3. The standard InChI is InChI=1S/C20H26N4O4S/c1-28-16-10-7-14(8-11-16)9-12-17(25)22-20(29)24-23-18(26)13-21-19(27)15-5-3-2-4-6-15/h7-12,15H,2-6,13H2,1H3,(H,21,27)(H,23,26)(H2,22,24,25,29). The first-order valence-electron chi connectivity index (χ1n) is 9.47. The van der Waals surface area contributed by atoms with E-state index in [1.54, 1.807) is 37.5 Å². The van der Waals surface area contributed by atoms with Crippen molar-refractivity contribution in [3.05, 3.63) is 35.9 Å². The van der Waals surface area contributed by atoms with E-state index in [0.717, 1.165) is 43.4 Å². The predicted molar refractivity (Wildman–Crippen MR) is 114 cm³/mol. The molecule has 2 rings (SSSR count). The number of hydrazine groups is 1. The van der Waals surface area contributed by atoms with Gasteiger partial charge in [-0.05, 0) is 48.8 Å². The number of hydrogen-bond donors (Lipinski definition) is 4. The summed E-state index contributed by atoms with van der Waals surface area (Å²) >= 11 is 4.95. The van der Waals surface area contributed by atoms with Crippen molar-refractivity contribution in [3.8, 4) is 5.75 Å². The second-order valence-corrected chi connectivity index (χ2v) is 7.06. The van der Waals surface area contributed by atoms with Gasteiger partial charge in [0.25, 0.3) is 5.91 Å². The molecule has 0 heterocycles. The van der Waals surface area contributed by atoms with E-state index in [-0.39, 0.29) is 23.5 Å². The lowest BCUT2D eigenvalue weighted by molar-refractivity contribution is -0.129. The van der Waals surface area contributed by atoms with Gasteiger partial charge in [0.2, 0.25) is 11.8 Å². The summed E-state index contributed by atoms with van der Waals surface area (Å²) in [5.41, 5.74) is 5.58. The summed E-state index contributed by atoms with van der Waals surface area (Å²) in [4.78, 5) is 35.7. The molecule has 8 nitrogen and oxygen atoms in total. The number of hydrogen-bond acceptors (Lipinski definition) is 5. The fraction of sp³-hybridized carbons (Fsp3) is 0.400. The highest BCUT2D eigenvalue weighted by molar-refractivity contribution is 7.80. The minimum Gasteiger partial charge on any atom is -0.497 e. The van der Waals surface area contributed by atoms with Crippen LogP contribution < -0.4 is 26.2 Å². The summed E-state index contributed by atoms with van der Waals surface area (Å²) in [6.07, 6.45) is 7.93. The molecule has 0 atom stereocenters. The lowest BCUT2D eigenvalue weighted by atomic mass is 9.89. The molecule has 0 unspecified atom stereocenters. The van der Waals surface area contributed by atoms with Gasteiger partial charge in [0.1, 0.15) is 5.75 Å². The minimum absolute atomic E-state index is 0.0117. The van der Waals surface area contributed by atoms with Gasteiger partial charge in [0.15, 0.2) is 5.11 Å². The first-order valence-corrected chi connectivity index (χ1v) is 9.88. The Morgan fingerprint density at radius 2 is 1.79 bits per heavy atom. The lowest BCUT2D eigenvalue weighted by Crippen LogP contribution is -2.51. The second-order valence-electron chi connectivity index (χ2n) is 6.65. The number of benzene rings is 1. The Morgan fingerprint density at radius 1 is 1.10 bits per heavy atom. The van der Waals surface area contributed by atoms with Gasteiger partial charge in [-0.1, -0.05) is 31.4 Å². The largest absolute Gasteiger partial charge is 0.497 e. The van der Waals surface area contributed by atoms with Crippen LogP contribution >= 0.6 is 12.2 Å². The maximum Gasteiger partial charge on any atom is 0.257 e. The van der Waals surface area contributed by atoms with Crippen molar-refractivity contribution >= 4 is 41.1 Å². The Hall–Kier alpha value is -2.94. The first kappa shape index (κ1) is 22.4. The molecule has 1 fully saturated rings. The molecule has 0 bridgehead atoms. The fourth-order valence-electron chi connectivity index (χ4n) is 2.92. The van der Waals surface area contributed by atoms with Gasteiger partial charge in [-0.25, -0.2) is 0 Å². The molecule has 156 valence electrons. The summed E-state index contributed by atoms with van der Waals surface area (Å²) < 4.78 is 5.07. The lowest BCUT2D eigenvalue weighted by Gasteiger charge is -2.20. The van der Waals surface area contributed by atoms with E-state index < -0.39 is 11.8 Å². The molecule has 1 aliphatic rings. The monoisotopic (exact) mass is 418 g/mol. The Labute approximate surface area is 175 Å². The van der Waals surface area contributed by atoms with Gasteiger partial charge in [-0.2, -0.15) is 0 Å². The Balaban J connectivity index is 1.64. The quantitative estimate of drug-likeness (QED) is 0.316. The maximum atomic E-state index is 12.0. The topological polar surface area (TPSA) is 109 Å². The molecule has 4 N–H and O–H groups in total. The molecule has 1 saturated carbocycles. The highest BCUT2D eigenvalue weighted by atomic mass is 32.1. The average Bonchev–Trinajstić information content (AvgIpc) is 2.75. The van der Waals surface area contributed by atoms with E-state index >= 15 is 0 Å². The summed E-state index contributed by atoms with van der Waals surface area (Å²) in [5.74, 6) is -0.290. The van der Waals surface area contributed by atoms with Crippen LogP contribution in [0.25, 0.3) is 6.08 Å². The van der Waals surface area contributed by atoms with Crippen molar-refractivity contribution in [1.82, 2.24) is 21.5 Å². The van der Waals surface area contributed by atoms with Crippen molar-refractivity contribution in [2.45, 2.75) is 32.1 Å². The van der Waals surface area contributed by atoms with Crippen LogP contribution in [0.5, 0.6) is 5.75 Å². The zero-order valence-corrected chi connectivity index (χ0v) is 17.1. The third-order valence-corrected chi connectivity index (χ3v) is 4.70. The third kappa shape index (κ3) is 8.30. The molecule has 0 aromatic heterocycles. The van der Waals surface area contributed by atoms with E-state index in [2.05, 4.69) is 21.5 Å². The molecule has 3 amide bonds. The van der Waals surface area contributed by atoms with Crippen molar-refractivity contribution < 1.29 is 19.1 Å². The van der Waals surface area contributed by atoms with E-state index in [0.29, 0.717) is 0 Å². The van der Waals surface area contributed by atoms with Crippen LogP contribution in [0.2, 0.25) is 0 Å². The fourth-order valence-corrected chi connectivity index (χ4v) is 3.07. The van der Waals surface area contributed by atoms with Crippen LogP contribution in [0, 0.1) is 5.92 Å². The van der Waals surface area contributed by atoms with Crippen LogP contribution in [0.4, 0.5) is 0 Å². The van der Waals surface area contributed by atoms with Gasteiger partial charge in [0.05, 0.1) is 13.7 Å². The summed E-state index contributed by atoms with van der Waals surface area (Å²) in [5, 5.41) is 4.98. The van der Waals surface area contributed by atoms with E-state index in [9.17, 15) is 14.4 Å². The smallest absolute Gasteiger partial charge is 0.257 e. The van der Waals surface area contributed by atoms with Crippen LogP contribution in [0.1, 0.15) is 37.7 Å². The van der Waals surface area contributed by atoms with Gasteiger partial charge < -0.3 is 10.1 Å². The zero-order valence-electron chi connectivity index (χ0n) is 16.3. The van der Waals surface area contributed by atoms with Crippen molar-refractivity contribution in [2.75, 3.05) is 13.7 Å². The number of ether oxygens (including phenoxy) is 1.